The molecule has 9 heteroatoms. The number of likely N-dealkylation sites (tertiary alicyclic amines) is 1. The zero-order valence-corrected chi connectivity index (χ0v) is 20.1. The van der Waals surface area contributed by atoms with Crippen molar-refractivity contribution in [3.8, 4) is 24.2 Å². The number of carbonyl (C=O) groups is 1. The number of nitriles is 1. The van der Waals surface area contributed by atoms with Gasteiger partial charge in [-0.15, -0.1) is 17.8 Å². The summed E-state index contributed by atoms with van der Waals surface area (Å²) >= 11 is 1.08. The van der Waals surface area contributed by atoms with E-state index in [-0.39, 0.29) is 17.7 Å². The number of piperidine rings is 1. The highest BCUT2D eigenvalue weighted by Crippen LogP contribution is 2.17. The van der Waals surface area contributed by atoms with Crippen molar-refractivity contribution in [2.24, 2.45) is 0 Å². The quantitative estimate of drug-likeness (QED) is 0.522. The van der Waals surface area contributed by atoms with E-state index < -0.39 is 5.91 Å². The number of nitrogens with one attached hydrogen (secondary N) is 2. The van der Waals surface area contributed by atoms with Crippen LogP contribution >= 0.6 is 11.3 Å². The molecule has 1 aliphatic heterocycles. The number of carbonyl (C=O) groups excluding carboxylic acids is 1. The fraction of sp³-hybridized carbons (Fsp3) is 0.400. The Labute approximate surface area is 203 Å². The predicted octanol–water partition coefficient (Wildman–Crippen LogP) is 1.07. The van der Waals surface area contributed by atoms with Crippen LogP contribution in [0.5, 0.6) is 5.75 Å². The molecule has 2 aromatic rings. The molecule has 1 aliphatic rings. The van der Waals surface area contributed by atoms with Gasteiger partial charge in [-0.25, -0.2) is 0 Å². The van der Waals surface area contributed by atoms with Gasteiger partial charge >= 0.3 is 0 Å². The number of anilines is 1. The van der Waals surface area contributed by atoms with Gasteiger partial charge < -0.3 is 15.4 Å². The van der Waals surface area contributed by atoms with Crippen molar-refractivity contribution in [2.75, 3.05) is 38.1 Å². The normalized spacial score (nSPS) is 15.2. The molecular formula is C25H29N5O3S. The van der Waals surface area contributed by atoms with Gasteiger partial charge in [0, 0.05) is 31.0 Å². The van der Waals surface area contributed by atoms with Crippen LogP contribution < -0.4 is 30.1 Å². The van der Waals surface area contributed by atoms with Gasteiger partial charge in [0.05, 0.1) is 6.54 Å². The fourth-order valence-corrected chi connectivity index (χ4v) is 4.79. The molecule has 1 saturated heterocycles. The SMILES string of the molecule is C#CCNC(=O)C(C#N)=c1sc(=CNc2cccc(OCCN3CCCCC3)c2)c(=O)n1CC. The predicted molar refractivity (Wildman–Crippen MR) is 135 cm³/mol. The molecule has 2 N–H and O–H groups in total. The van der Waals surface area contributed by atoms with Gasteiger partial charge in [-0.1, -0.05) is 18.4 Å². The lowest BCUT2D eigenvalue weighted by Gasteiger charge is -2.26. The average molecular weight is 480 g/mol. The van der Waals surface area contributed by atoms with E-state index in [1.807, 2.05) is 30.3 Å². The maximum Gasteiger partial charge on any atom is 0.270 e. The summed E-state index contributed by atoms with van der Waals surface area (Å²) in [6.07, 6.45) is 10.6. The molecule has 0 atom stereocenters. The maximum absolute atomic E-state index is 12.8. The van der Waals surface area contributed by atoms with E-state index in [0.29, 0.717) is 22.3 Å². The Morgan fingerprint density at radius 1 is 1.32 bits per heavy atom. The lowest BCUT2D eigenvalue weighted by atomic mass is 10.1. The average Bonchev–Trinajstić information content (AvgIpc) is 3.17. The number of hydrogen-bond acceptors (Lipinski definition) is 7. The summed E-state index contributed by atoms with van der Waals surface area (Å²) in [5, 5.41) is 15.1. The number of rotatable bonds is 9. The second kappa shape index (κ2) is 12.6. The third kappa shape index (κ3) is 6.50. The number of thiazole rings is 1. The second-order valence-electron chi connectivity index (χ2n) is 7.76. The van der Waals surface area contributed by atoms with Gasteiger partial charge in [-0.3, -0.25) is 19.1 Å². The zero-order valence-electron chi connectivity index (χ0n) is 19.3. The Morgan fingerprint density at radius 2 is 2.12 bits per heavy atom. The van der Waals surface area contributed by atoms with Crippen LogP contribution in [-0.2, 0) is 11.3 Å². The summed E-state index contributed by atoms with van der Waals surface area (Å²) in [6.45, 7) is 5.91. The van der Waals surface area contributed by atoms with Gasteiger partial charge in [-0.2, -0.15) is 5.26 Å². The monoisotopic (exact) mass is 479 g/mol. The summed E-state index contributed by atoms with van der Waals surface area (Å²) in [6, 6.07) is 9.43. The number of ether oxygens (including phenoxy) is 1. The largest absolute Gasteiger partial charge is 0.492 e. The van der Waals surface area contributed by atoms with E-state index in [1.165, 1.54) is 23.8 Å². The van der Waals surface area contributed by atoms with Crippen LogP contribution in [0.15, 0.2) is 29.1 Å². The minimum atomic E-state index is -0.599. The molecule has 34 heavy (non-hydrogen) atoms. The van der Waals surface area contributed by atoms with Crippen molar-refractivity contribution >= 4 is 34.7 Å². The summed E-state index contributed by atoms with van der Waals surface area (Å²) in [4.78, 5) is 27.6. The number of hydrogen-bond donors (Lipinski definition) is 2. The van der Waals surface area contributed by atoms with Gasteiger partial charge in [-0.05, 0) is 45.0 Å². The van der Waals surface area contributed by atoms with Gasteiger partial charge in [0.25, 0.3) is 11.5 Å². The lowest BCUT2D eigenvalue weighted by Crippen LogP contribution is -2.34. The number of aromatic nitrogens is 1. The summed E-state index contributed by atoms with van der Waals surface area (Å²) < 4.78 is 8.00. The molecule has 1 aromatic carbocycles. The molecular weight excluding hydrogens is 450 g/mol. The number of terminal acetylenes is 1. The molecule has 0 radical (unpaired) electrons. The van der Waals surface area contributed by atoms with Crippen LogP contribution in [0, 0.1) is 23.7 Å². The minimum absolute atomic E-state index is 0.00270. The van der Waals surface area contributed by atoms with Crippen molar-refractivity contribution in [1.29, 1.82) is 5.26 Å². The fourth-order valence-electron chi connectivity index (χ4n) is 3.71. The van der Waals surface area contributed by atoms with E-state index in [2.05, 4.69) is 21.5 Å². The molecule has 0 spiro atoms. The van der Waals surface area contributed by atoms with Crippen molar-refractivity contribution in [3.05, 3.63) is 43.8 Å². The molecule has 0 bridgehead atoms. The molecule has 0 saturated carbocycles. The van der Waals surface area contributed by atoms with E-state index in [9.17, 15) is 14.9 Å². The number of benzene rings is 1. The van der Waals surface area contributed by atoms with Crippen LogP contribution in [-0.4, -0.2) is 48.2 Å². The van der Waals surface area contributed by atoms with E-state index in [0.717, 1.165) is 42.4 Å². The van der Waals surface area contributed by atoms with E-state index >= 15 is 0 Å². The molecule has 1 fully saturated rings. The molecule has 0 unspecified atom stereocenters. The number of nitrogens with zero attached hydrogens (tertiary/aromatic N) is 3. The topological polar surface area (TPSA) is 99.4 Å². The highest BCUT2D eigenvalue weighted by atomic mass is 32.1. The van der Waals surface area contributed by atoms with Crippen molar-refractivity contribution in [2.45, 2.75) is 32.7 Å². The van der Waals surface area contributed by atoms with Crippen LogP contribution in [0.1, 0.15) is 26.2 Å². The van der Waals surface area contributed by atoms with Crippen LogP contribution in [0.4, 0.5) is 5.69 Å². The van der Waals surface area contributed by atoms with Crippen molar-refractivity contribution < 1.29 is 9.53 Å². The first-order valence-electron chi connectivity index (χ1n) is 11.3. The van der Waals surface area contributed by atoms with Gasteiger partial charge in [0.1, 0.15) is 27.6 Å². The molecule has 1 amide bonds. The third-order valence-electron chi connectivity index (χ3n) is 5.46. The maximum atomic E-state index is 12.8. The van der Waals surface area contributed by atoms with Gasteiger partial charge in [0.2, 0.25) is 0 Å². The van der Waals surface area contributed by atoms with Crippen LogP contribution in [0.2, 0.25) is 0 Å². The third-order valence-corrected chi connectivity index (χ3v) is 6.59. The summed E-state index contributed by atoms with van der Waals surface area (Å²) in [5.74, 6) is 2.45. The highest BCUT2D eigenvalue weighted by molar-refractivity contribution is 7.07. The first-order chi connectivity index (χ1) is 16.6. The minimum Gasteiger partial charge on any atom is -0.492 e. The Morgan fingerprint density at radius 3 is 2.82 bits per heavy atom. The zero-order chi connectivity index (χ0) is 24.3. The molecule has 8 nitrogen and oxygen atoms in total. The van der Waals surface area contributed by atoms with Gasteiger partial charge in [0.15, 0.2) is 5.57 Å². The standard InChI is InChI=1S/C25H29N5O3S/c1-3-11-27-23(31)21(17-26)25-30(4-2)24(32)22(34-25)18-28-19-9-8-10-20(16-19)33-15-14-29-12-6-5-7-13-29/h1,8-10,16,18,28H,4-7,11-15H2,2H3,(H,27,31). The lowest BCUT2D eigenvalue weighted by molar-refractivity contribution is -0.115. The van der Waals surface area contributed by atoms with E-state index in [4.69, 9.17) is 11.2 Å². The Kier molecular flexibility index (Phi) is 9.33. The summed E-state index contributed by atoms with van der Waals surface area (Å²) in [7, 11) is 0. The molecule has 178 valence electrons. The summed E-state index contributed by atoms with van der Waals surface area (Å²) in [5.41, 5.74) is 0.355. The molecule has 3 rings (SSSR count). The first-order valence-corrected chi connectivity index (χ1v) is 12.2. The van der Waals surface area contributed by atoms with Crippen LogP contribution in [0.25, 0.3) is 11.8 Å². The Bertz CT molecular complexity index is 1260. The van der Waals surface area contributed by atoms with Crippen molar-refractivity contribution in [3.63, 3.8) is 0 Å². The highest BCUT2D eigenvalue weighted by Gasteiger charge is 2.14. The molecule has 1 aromatic heterocycles. The smallest absolute Gasteiger partial charge is 0.270 e. The Hall–Kier alpha value is -3.53. The first kappa shape index (κ1) is 25.1. The van der Waals surface area contributed by atoms with Crippen molar-refractivity contribution in [1.82, 2.24) is 14.8 Å². The number of amides is 1. The second-order valence-corrected chi connectivity index (χ2v) is 8.79. The molecule has 0 aliphatic carbocycles. The Balaban J connectivity index is 1.76. The van der Waals surface area contributed by atoms with E-state index in [1.54, 1.807) is 13.1 Å². The van der Waals surface area contributed by atoms with Crippen LogP contribution in [0.3, 0.4) is 0 Å². The molecule has 2 heterocycles.